The molecule has 3 N–H and O–H groups in total. The maximum atomic E-state index is 9.41. The van der Waals surface area contributed by atoms with Gasteiger partial charge < -0.3 is 5.73 Å². The molecule has 0 aliphatic rings. The minimum atomic E-state index is -0.537. The average molecular weight is 404 g/mol. The van der Waals surface area contributed by atoms with Crippen LogP contribution in [-0.4, -0.2) is 20.2 Å². The Balaban J connectivity index is 1.68. The molecule has 5 aromatic rings. The number of benzene rings is 2. The van der Waals surface area contributed by atoms with E-state index in [1.807, 2.05) is 62.5 Å². The number of nitriles is 1. The highest BCUT2D eigenvalue weighted by Gasteiger charge is 2.20. The third-order valence-electron chi connectivity index (χ3n) is 5.67. The second kappa shape index (κ2) is 6.92. The van der Waals surface area contributed by atoms with Gasteiger partial charge in [0.25, 0.3) is 0 Å². The Kier molecular flexibility index (Phi) is 4.19. The molecular weight excluding hydrogens is 384 g/mol. The molecule has 0 saturated heterocycles. The summed E-state index contributed by atoms with van der Waals surface area (Å²) in [5.41, 5.74) is 11.8. The minimum Gasteiger partial charge on any atom is -0.384 e. The first kappa shape index (κ1) is 18.8. The van der Waals surface area contributed by atoms with Gasteiger partial charge in [0.05, 0.1) is 28.7 Å². The predicted octanol–water partition coefficient (Wildman–Crippen LogP) is 5.22. The lowest BCUT2D eigenvalue weighted by atomic mass is 9.86. The van der Waals surface area contributed by atoms with Crippen LogP contribution in [0.2, 0.25) is 0 Å². The van der Waals surface area contributed by atoms with Crippen molar-refractivity contribution in [3.63, 3.8) is 0 Å². The molecule has 31 heavy (non-hydrogen) atoms. The average Bonchev–Trinajstić information content (AvgIpc) is 3.24. The second-order valence-corrected chi connectivity index (χ2v) is 8.14. The van der Waals surface area contributed by atoms with E-state index in [0.717, 1.165) is 49.8 Å². The summed E-state index contributed by atoms with van der Waals surface area (Å²) in [4.78, 5) is 8.79. The molecule has 0 aliphatic carbocycles. The highest BCUT2D eigenvalue weighted by atomic mass is 15.1. The number of aromatic amines is 1. The largest absolute Gasteiger partial charge is 0.384 e. The van der Waals surface area contributed by atoms with Gasteiger partial charge in [-0.05, 0) is 49.2 Å². The van der Waals surface area contributed by atoms with Crippen LogP contribution in [0.3, 0.4) is 0 Å². The summed E-state index contributed by atoms with van der Waals surface area (Å²) in [7, 11) is 0. The van der Waals surface area contributed by atoms with Crippen molar-refractivity contribution in [2.24, 2.45) is 0 Å². The first-order valence-corrected chi connectivity index (χ1v) is 9.97. The summed E-state index contributed by atoms with van der Waals surface area (Å²) in [6.45, 7) is 3.83. The number of hydrogen-bond acceptors (Lipinski definition) is 5. The molecule has 3 heterocycles. The van der Waals surface area contributed by atoms with Crippen LogP contribution < -0.4 is 5.73 Å². The van der Waals surface area contributed by atoms with E-state index in [1.165, 1.54) is 0 Å². The highest BCUT2D eigenvalue weighted by Crippen LogP contribution is 2.34. The number of nitrogen functional groups attached to an aromatic ring is 1. The predicted molar refractivity (Wildman–Crippen MR) is 123 cm³/mol. The van der Waals surface area contributed by atoms with E-state index in [4.69, 9.17) is 5.73 Å². The third-order valence-corrected chi connectivity index (χ3v) is 5.67. The number of nitrogens with two attached hydrogens (primary N) is 1. The summed E-state index contributed by atoms with van der Waals surface area (Å²) in [6, 6.07) is 20.3. The molecule has 2 aromatic carbocycles. The lowest BCUT2D eigenvalue weighted by Gasteiger charge is -2.15. The maximum absolute atomic E-state index is 9.41. The van der Waals surface area contributed by atoms with E-state index in [9.17, 15) is 5.26 Å². The third kappa shape index (κ3) is 3.17. The maximum Gasteiger partial charge on any atom is 0.123 e. The summed E-state index contributed by atoms with van der Waals surface area (Å²) in [6.07, 6.45) is 3.59. The quantitative estimate of drug-likeness (QED) is 0.429. The van der Waals surface area contributed by atoms with E-state index in [1.54, 1.807) is 12.3 Å². The molecule has 0 aliphatic heterocycles. The Labute approximate surface area is 179 Å². The van der Waals surface area contributed by atoms with Crippen LogP contribution in [0, 0.1) is 11.3 Å². The Morgan fingerprint density at radius 1 is 0.903 bits per heavy atom. The fourth-order valence-electron chi connectivity index (χ4n) is 3.78. The van der Waals surface area contributed by atoms with Crippen LogP contribution in [-0.2, 0) is 5.41 Å². The van der Waals surface area contributed by atoms with Crippen molar-refractivity contribution < 1.29 is 0 Å². The zero-order chi connectivity index (χ0) is 21.6. The summed E-state index contributed by atoms with van der Waals surface area (Å²) >= 11 is 0. The fraction of sp³-hybridized carbons (Fsp3) is 0.120. The van der Waals surface area contributed by atoms with E-state index in [-0.39, 0.29) is 0 Å². The van der Waals surface area contributed by atoms with Gasteiger partial charge >= 0.3 is 0 Å². The van der Waals surface area contributed by atoms with Crippen LogP contribution >= 0.6 is 0 Å². The van der Waals surface area contributed by atoms with Crippen LogP contribution in [0.25, 0.3) is 44.2 Å². The van der Waals surface area contributed by atoms with Crippen molar-refractivity contribution >= 4 is 27.6 Å². The van der Waals surface area contributed by atoms with Gasteiger partial charge in [0.15, 0.2) is 0 Å². The number of rotatable bonds is 3. The first-order valence-electron chi connectivity index (χ1n) is 9.97. The molecule has 3 aromatic heterocycles. The van der Waals surface area contributed by atoms with Crippen molar-refractivity contribution in [1.82, 2.24) is 20.2 Å². The van der Waals surface area contributed by atoms with Gasteiger partial charge in [0.2, 0.25) is 0 Å². The summed E-state index contributed by atoms with van der Waals surface area (Å²) in [5.74, 6) is 0.494. The van der Waals surface area contributed by atoms with Crippen molar-refractivity contribution in [1.29, 1.82) is 5.26 Å². The number of hydrogen-bond donors (Lipinski definition) is 2. The Morgan fingerprint density at radius 2 is 1.65 bits per heavy atom. The van der Waals surface area contributed by atoms with E-state index < -0.39 is 5.41 Å². The van der Waals surface area contributed by atoms with Crippen molar-refractivity contribution in [3.05, 3.63) is 72.6 Å². The number of nitrogens with one attached hydrogen (secondary N) is 1. The Bertz CT molecular complexity index is 1460. The molecule has 0 unspecified atom stereocenters. The van der Waals surface area contributed by atoms with Gasteiger partial charge in [-0.25, -0.2) is 4.98 Å². The molecule has 0 fully saturated rings. The monoisotopic (exact) mass is 404 g/mol. The summed E-state index contributed by atoms with van der Waals surface area (Å²) < 4.78 is 0. The number of aromatic nitrogens is 4. The van der Waals surface area contributed by atoms with Crippen LogP contribution in [0.1, 0.15) is 19.4 Å². The van der Waals surface area contributed by atoms with E-state index >= 15 is 0 Å². The van der Waals surface area contributed by atoms with E-state index in [0.29, 0.717) is 5.82 Å². The molecule has 6 nitrogen and oxygen atoms in total. The number of fused-ring (bicyclic) bond motifs is 3. The van der Waals surface area contributed by atoms with Gasteiger partial charge in [0, 0.05) is 28.1 Å². The molecular formula is C25H20N6. The number of H-pyrrole nitrogens is 1. The van der Waals surface area contributed by atoms with Gasteiger partial charge in [-0.2, -0.15) is 10.4 Å². The highest BCUT2D eigenvalue weighted by molar-refractivity contribution is 6.11. The van der Waals surface area contributed by atoms with Crippen LogP contribution in [0.4, 0.5) is 5.82 Å². The van der Waals surface area contributed by atoms with Crippen molar-refractivity contribution in [2.75, 3.05) is 5.73 Å². The van der Waals surface area contributed by atoms with Gasteiger partial charge in [-0.1, -0.05) is 30.3 Å². The van der Waals surface area contributed by atoms with Crippen molar-refractivity contribution in [3.8, 4) is 28.5 Å². The van der Waals surface area contributed by atoms with Crippen LogP contribution in [0.15, 0.2) is 67.0 Å². The SMILES string of the molecule is CC(C)(C#N)c1ccc(-c2n[nH]c3cnc4ccc(-c5ccc(N)nc5)cc4c23)cc1. The van der Waals surface area contributed by atoms with Gasteiger partial charge in [-0.15, -0.1) is 0 Å². The number of nitrogens with zero attached hydrogens (tertiary/aromatic N) is 4. The summed E-state index contributed by atoms with van der Waals surface area (Å²) in [5, 5.41) is 19.1. The van der Waals surface area contributed by atoms with E-state index in [2.05, 4.69) is 32.3 Å². The molecule has 0 bridgehead atoms. The molecule has 0 spiro atoms. The zero-order valence-corrected chi connectivity index (χ0v) is 17.2. The number of pyridine rings is 2. The molecule has 5 rings (SSSR count). The molecule has 0 radical (unpaired) electrons. The molecule has 6 heteroatoms. The van der Waals surface area contributed by atoms with Crippen molar-refractivity contribution in [2.45, 2.75) is 19.3 Å². The molecule has 0 amide bonds. The van der Waals surface area contributed by atoms with Crippen LogP contribution in [0.5, 0.6) is 0 Å². The minimum absolute atomic E-state index is 0.494. The first-order chi connectivity index (χ1) is 15.0. The molecule has 0 saturated carbocycles. The Morgan fingerprint density at radius 3 is 2.35 bits per heavy atom. The lowest BCUT2D eigenvalue weighted by Crippen LogP contribution is -2.13. The van der Waals surface area contributed by atoms with Gasteiger partial charge in [0.1, 0.15) is 11.5 Å². The standard InChI is InChI=1S/C25H20N6/c1-25(2,14-26)18-7-3-15(4-8-18)24-23-19-11-16(17-6-10-22(27)29-12-17)5-9-20(19)28-13-21(23)30-31-24/h3-13H,1-2H3,(H2,27,29)(H,30,31). The topological polar surface area (TPSA) is 104 Å². The molecule has 0 atom stereocenters. The Hall–Kier alpha value is -4.24. The number of anilines is 1. The van der Waals surface area contributed by atoms with Gasteiger partial charge in [-0.3, -0.25) is 10.1 Å². The lowest BCUT2D eigenvalue weighted by molar-refractivity contribution is 0.687. The fourth-order valence-corrected chi connectivity index (χ4v) is 3.78. The normalized spacial score (nSPS) is 11.6. The molecule has 150 valence electrons. The zero-order valence-electron chi connectivity index (χ0n) is 17.2. The smallest absolute Gasteiger partial charge is 0.123 e. The second-order valence-electron chi connectivity index (χ2n) is 8.14.